The van der Waals surface area contributed by atoms with Gasteiger partial charge in [0.15, 0.2) is 0 Å². The van der Waals surface area contributed by atoms with Crippen LogP contribution in [0.3, 0.4) is 0 Å². The van der Waals surface area contributed by atoms with Crippen molar-refractivity contribution in [3.8, 4) is 16.9 Å². The lowest BCUT2D eigenvalue weighted by molar-refractivity contribution is 0.626. The Kier molecular flexibility index (Phi) is 3.56. The summed E-state index contributed by atoms with van der Waals surface area (Å²) in [5.41, 5.74) is 2.85. The third kappa shape index (κ3) is 2.47. The summed E-state index contributed by atoms with van der Waals surface area (Å²) in [6.07, 6.45) is 2.01. The first-order valence-electron chi connectivity index (χ1n) is 6.23. The zero-order valence-electron chi connectivity index (χ0n) is 11.0. The lowest BCUT2D eigenvalue weighted by Gasteiger charge is -2.04. The Hall–Kier alpha value is -2.07. The van der Waals surface area contributed by atoms with E-state index in [2.05, 4.69) is 5.10 Å². The summed E-state index contributed by atoms with van der Waals surface area (Å²) in [7, 11) is 0. The topological polar surface area (TPSA) is 17.8 Å². The number of rotatable bonds is 3. The minimum absolute atomic E-state index is 0.241. The number of hydrogen-bond donors (Lipinski definition) is 0. The number of benzene rings is 2. The van der Waals surface area contributed by atoms with Crippen LogP contribution in [0.15, 0.2) is 65.7 Å². The molecule has 0 amide bonds. The fraction of sp³-hybridized carbons (Fsp3) is 0.0625. The molecule has 0 bridgehead atoms. The fourth-order valence-corrected chi connectivity index (χ4v) is 2.58. The molecule has 2 aromatic carbocycles. The van der Waals surface area contributed by atoms with Gasteiger partial charge in [-0.05, 0) is 36.6 Å². The van der Waals surface area contributed by atoms with Crippen molar-refractivity contribution in [2.45, 2.75) is 5.03 Å². The van der Waals surface area contributed by atoms with Gasteiger partial charge in [0.05, 0.1) is 11.4 Å². The second kappa shape index (κ2) is 5.51. The van der Waals surface area contributed by atoms with Gasteiger partial charge in [0.1, 0.15) is 10.8 Å². The van der Waals surface area contributed by atoms with E-state index >= 15 is 0 Å². The standard InChI is InChI=1S/C16H13FN2S/c1-20-16-11-15(12-5-3-2-4-6-12)18-19(16)14-9-7-13(17)8-10-14/h2-11H,1H3. The zero-order chi connectivity index (χ0) is 13.9. The molecule has 100 valence electrons. The van der Waals surface area contributed by atoms with Crippen molar-refractivity contribution in [2.75, 3.05) is 6.26 Å². The molecule has 0 aliphatic heterocycles. The van der Waals surface area contributed by atoms with Gasteiger partial charge in [-0.3, -0.25) is 0 Å². The highest BCUT2D eigenvalue weighted by atomic mass is 32.2. The minimum Gasteiger partial charge on any atom is -0.227 e. The van der Waals surface area contributed by atoms with Gasteiger partial charge >= 0.3 is 0 Å². The van der Waals surface area contributed by atoms with Crippen LogP contribution in [-0.2, 0) is 0 Å². The molecule has 0 fully saturated rings. The van der Waals surface area contributed by atoms with Crippen molar-refractivity contribution in [2.24, 2.45) is 0 Å². The minimum atomic E-state index is -0.241. The van der Waals surface area contributed by atoms with Crippen LogP contribution in [0.4, 0.5) is 4.39 Å². The van der Waals surface area contributed by atoms with Crippen LogP contribution in [-0.4, -0.2) is 16.0 Å². The molecular formula is C16H13FN2S. The molecule has 0 atom stereocenters. The van der Waals surface area contributed by atoms with Crippen LogP contribution in [0.1, 0.15) is 0 Å². The second-order valence-electron chi connectivity index (χ2n) is 4.33. The number of thioether (sulfide) groups is 1. The van der Waals surface area contributed by atoms with E-state index in [1.807, 2.05) is 47.3 Å². The first-order chi connectivity index (χ1) is 9.78. The zero-order valence-corrected chi connectivity index (χ0v) is 11.8. The van der Waals surface area contributed by atoms with E-state index in [4.69, 9.17) is 0 Å². The summed E-state index contributed by atoms with van der Waals surface area (Å²) in [5.74, 6) is -0.241. The SMILES string of the molecule is CSc1cc(-c2ccccc2)nn1-c1ccc(F)cc1. The molecule has 0 saturated heterocycles. The predicted molar refractivity (Wildman–Crippen MR) is 80.7 cm³/mol. The molecule has 0 N–H and O–H groups in total. The van der Waals surface area contributed by atoms with E-state index in [9.17, 15) is 4.39 Å². The molecule has 3 aromatic rings. The smallest absolute Gasteiger partial charge is 0.123 e. The van der Waals surface area contributed by atoms with E-state index in [1.165, 1.54) is 12.1 Å². The number of halogens is 1. The summed E-state index contributed by atoms with van der Waals surface area (Å²) in [4.78, 5) is 0. The van der Waals surface area contributed by atoms with E-state index in [-0.39, 0.29) is 5.82 Å². The average Bonchev–Trinajstić information content (AvgIpc) is 2.93. The Morgan fingerprint density at radius 1 is 1.00 bits per heavy atom. The lowest BCUT2D eigenvalue weighted by Crippen LogP contribution is -1.98. The predicted octanol–water partition coefficient (Wildman–Crippen LogP) is 4.40. The van der Waals surface area contributed by atoms with Crippen molar-refractivity contribution >= 4 is 11.8 Å². The molecule has 20 heavy (non-hydrogen) atoms. The van der Waals surface area contributed by atoms with Crippen LogP contribution in [0.2, 0.25) is 0 Å². The van der Waals surface area contributed by atoms with Crippen LogP contribution in [0.25, 0.3) is 16.9 Å². The summed E-state index contributed by atoms with van der Waals surface area (Å²) in [6.45, 7) is 0. The van der Waals surface area contributed by atoms with Crippen molar-refractivity contribution in [3.05, 3.63) is 66.5 Å². The maximum absolute atomic E-state index is 13.0. The highest BCUT2D eigenvalue weighted by Crippen LogP contribution is 2.26. The fourth-order valence-electron chi connectivity index (χ4n) is 2.03. The second-order valence-corrected chi connectivity index (χ2v) is 5.15. The summed E-state index contributed by atoms with van der Waals surface area (Å²) in [5, 5.41) is 5.65. The number of nitrogens with zero attached hydrogens (tertiary/aromatic N) is 2. The Bertz CT molecular complexity index is 705. The van der Waals surface area contributed by atoms with Crippen LogP contribution < -0.4 is 0 Å². The molecule has 4 heteroatoms. The molecule has 0 spiro atoms. The molecule has 3 rings (SSSR count). The Morgan fingerprint density at radius 2 is 1.70 bits per heavy atom. The number of aromatic nitrogens is 2. The Labute approximate surface area is 121 Å². The van der Waals surface area contributed by atoms with Crippen LogP contribution in [0, 0.1) is 5.82 Å². The van der Waals surface area contributed by atoms with Gasteiger partial charge in [-0.25, -0.2) is 9.07 Å². The quantitative estimate of drug-likeness (QED) is 0.663. The van der Waals surface area contributed by atoms with Gasteiger partial charge in [0, 0.05) is 5.56 Å². The van der Waals surface area contributed by atoms with Crippen LogP contribution >= 0.6 is 11.8 Å². The largest absolute Gasteiger partial charge is 0.227 e. The van der Waals surface area contributed by atoms with E-state index in [0.717, 1.165) is 22.0 Å². The van der Waals surface area contributed by atoms with Gasteiger partial charge in [0.25, 0.3) is 0 Å². The lowest BCUT2D eigenvalue weighted by atomic mass is 10.2. The molecule has 2 nitrogen and oxygen atoms in total. The number of hydrogen-bond acceptors (Lipinski definition) is 2. The van der Waals surface area contributed by atoms with Crippen molar-refractivity contribution in [1.29, 1.82) is 0 Å². The molecule has 0 radical (unpaired) electrons. The molecular weight excluding hydrogens is 271 g/mol. The Morgan fingerprint density at radius 3 is 2.35 bits per heavy atom. The van der Waals surface area contributed by atoms with Gasteiger partial charge in [-0.1, -0.05) is 30.3 Å². The first kappa shape index (κ1) is 12.9. The third-order valence-corrected chi connectivity index (χ3v) is 3.74. The highest BCUT2D eigenvalue weighted by Gasteiger charge is 2.10. The van der Waals surface area contributed by atoms with Crippen LogP contribution in [0.5, 0.6) is 0 Å². The van der Waals surface area contributed by atoms with Crippen molar-refractivity contribution < 1.29 is 4.39 Å². The van der Waals surface area contributed by atoms with Gasteiger partial charge in [-0.2, -0.15) is 5.10 Å². The van der Waals surface area contributed by atoms with Gasteiger partial charge < -0.3 is 0 Å². The highest BCUT2D eigenvalue weighted by molar-refractivity contribution is 7.98. The summed E-state index contributed by atoms with van der Waals surface area (Å²) in [6, 6.07) is 18.4. The summed E-state index contributed by atoms with van der Waals surface area (Å²) < 4.78 is 14.9. The maximum atomic E-state index is 13.0. The average molecular weight is 284 g/mol. The molecule has 1 heterocycles. The molecule has 1 aromatic heterocycles. The maximum Gasteiger partial charge on any atom is 0.123 e. The van der Waals surface area contributed by atoms with Crippen molar-refractivity contribution in [3.63, 3.8) is 0 Å². The van der Waals surface area contributed by atoms with Gasteiger partial charge in [0.2, 0.25) is 0 Å². The van der Waals surface area contributed by atoms with E-state index in [1.54, 1.807) is 23.9 Å². The molecule has 0 aliphatic carbocycles. The van der Waals surface area contributed by atoms with E-state index in [0.29, 0.717) is 0 Å². The third-order valence-electron chi connectivity index (χ3n) is 3.03. The van der Waals surface area contributed by atoms with Gasteiger partial charge in [-0.15, -0.1) is 11.8 Å². The molecule has 0 saturated carbocycles. The van der Waals surface area contributed by atoms with Crippen molar-refractivity contribution in [1.82, 2.24) is 9.78 Å². The molecule has 0 unspecified atom stereocenters. The normalized spacial score (nSPS) is 10.7. The monoisotopic (exact) mass is 284 g/mol. The Balaban J connectivity index is 2.07. The first-order valence-corrected chi connectivity index (χ1v) is 7.46. The molecule has 0 aliphatic rings. The summed E-state index contributed by atoms with van der Waals surface area (Å²) >= 11 is 1.62. The van der Waals surface area contributed by atoms with E-state index < -0.39 is 0 Å².